The first-order valence-electron chi connectivity index (χ1n) is 9.54. The number of urea groups is 1. The van der Waals surface area contributed by atoms with E-state index in [2.05, 4.69) is 48.6 Å². The van der Waals surface area contributed by atoms with Gasteiger partial charge in [0.05, 0.1) is 6.04 Å². The molecular formula is C20H29N3O2. The molecule has 5 nitrogen and oxygen atoms in total. The molecule has 3 aliphatic heterocycles. The lowest BCUT2D eigenvalue weighted by Gasteiger charge is -2.47. The third kappa shape index (κ3) is 3.10. The molecule has 2 bridgehead atoms. The SMILES string of the molecule is Cc1ccc2c(c1C)OC[C@H]2NC(=O)NC1C[C@H]2CCC[C@@H](C1)N2C. The minimum absolute atomic E-state index is 0.0555. The van der Waals surface area contributed by atoms with Gasteiger partial charge in [-0.1, -0.05) is 18.6 Å². The fourth-order valence-corrected chi connectivity index (χ4v) is 4.77. The van der Waals surface area contributed by atoms with E-state index in [0.29, 0.717) is 18.7 Å². The number of rotatable bonds is 2. The molecule has 3 heterocycles. The van der Waals surface area contributed by atoms with Crippen molar-refractivity contribution in [3.8, 4) is 5.75 Å². The third-order valence-corrected chi connectivity index (χ3v) is 6.46. The molecule has 4 rings (SSSR count). The lowest BCUT2D eigenvalue weighted by atomic mass is 9.82. The van der Waals surface area contributed by atoms with Crippen LogP contribution in [0.15, 0.2) is 12.1 Å². The number of piperidine rings is 2. The zero-order valence-corrected chi connectivity index (χ0v) is 15.5. The number of amides is 2. The molecule has 5 heteroatoms. The van der Waals surface area contributed by atoms with E-state index in [0.717, 1.165) is 24.2 Å². The third-order valence-electron chi connectivity index (χ3n) is 6.46. The molecule has 2 fully saturated rings. The molecule has 1 aromatic rings. The van der Waals surface area contributed by atoms with Crippen LogP contribution in [0.25, 0.3) is 0 Å². The van der Waals surface area contributed by atoms with Gasteiger partial charge in [-0.2, -0.15) is 0 Å². The van der Waals surface area contributed by atoms with Gasteiger partial charge < -0.3 is 20.3 Å². The monoisotopic (exact) mass is 343 g/mol. The second-order valence-electron chi connectivity index (χ2n) is 7.98. The quantitative estimate of drug-likeness (QED) is 0.868. The van der Waals surface area contributed by atoms with Gasteiger partial charge in [-0.15, -0.1) is 0 Å². The van der Waals surface area contributed by atoms with Crippen molar-refractivity contribution in [2.75, 3.05) is 13.7 Å². The summed E-state index contributed by atoms with van der Waals surface area (Å²) >= 11 is 0. The summed E-state index contributed by atoms with van der Waals surface area (Å²) in [5.74, 6) is 0.944. The fourth-order valence-electron chi connectivity index (χ4n) is 4.77. The van der Waals surface area contributed by atoms with E-state index in [1.165, 1.54) is 30.4 Å². The van der Waals surface area contributed by atoms with E-state index in [1.54, 1.807) is 0 Å². The highest BCUT2D eigenvalue weighted by molar-refractivity contribution is 5.75. The zero-order valence-electron chi connectivity index (χ0n) is 15.5. The van der Waals surface area contributed by atoms with Crippen molar-refractivity contribution in [1.82, 2.24) is 15.5 Å². The second-order valence-corrected chi connectivity index (χ2v) is 7.98. The van der Waals surface area contributed by atoms with Crippen LogP contribution in [-0.4, -0.2) is 42.7 Å². The molecule has 1 unspecified atom stereocenters. The lowest BCUT2D eigenvalue weighted by molar-refractivity contribution is 0.0508. The first-order chi connectivity index (χ1) is 12.0. The Labute approximate surface area is 150 Å². The van der Waals surface area contributed by atoms with E-state index in [-0.39, 0.29) is 18.1 Å². The van der Waals surface area contributed by atoms with Crippen LogP contribution in [0.2, 0.25) is 0 Å². The summed E-state index contributed by atoms with van der Waals surface area (Å²) in [4.78, 5) is 15.1. The number of fused-ring (bicyclic) bond motifs is 3. The Morgan fingerprint density at radius 2 is 1.88 bits per heavy atom. The molecule has 25 heavy (non-hydrogen) atoms. The largest absolute Gasteiger partial charge is 0.490 e. The number of nitrogens with one attached hydrogen (secondary N) is 2. The first kappa shape index (κ1) is 16.7. The van der Waals surface area contributed by atoms with Crippen molar-refractivity contribution in [3.63, 3.8) is 0 Å². The highest BCUT2D eigenvalue weighted by Crippen LogP contribution is 2.37. The van der Waals surface area contributed by atoms with Crippen LogP contribution in [0.1, 0.15) is 54.8 Å². The number of carbonyl (C=O) groups excluding carboxylic acids is 1. The molecule has 2 N–H and O–H groups in total. The predicted octanol–water partition coefficient (Wildman–Crippen LogP) is 3.05. The minimum Gasteiger partial charge on any atom is -0.490 e. The Hall–Kier alpha value is -1.75. The summed E-state index contributed by atoms with van der Waals surface area (Å²) in [5, 5.41) is 6.34. The van der Waals surface area contributed by atoms with Gasteiger partial charge in [0.25, 0.3) is 0 Å². The summed E-state index contributed by atoms with van der Waals surface area (Å²) in [6, 6.07) is 5.60. The lowest BCUT2D eigenvalue weighted by Crippen LogP contribution is -2.56. The van der Waals surface area contributed by atoms with Gasteiger partial charge in [-0.05, 0) is 57.7 Å². The van der Waals surface area contributed by atoms with Gasteiger partial charge in [0.2, 0.25) is 0 Å². The zero-order chi connectivity index (χ0) is 17.6. The Balaban J connectivity index is 1.37. The Morgan fingerprint density at radius 1 is 1.16 bits per heavy atom. The van der Waals surface area contributed by atoms with E-state index in [4.69, 9.17) is 4.74 Å². The number of benzene rings is 1. The summed E-state index contributed by atoms with van der Waals surface area (Å²) in [6.07, 6.45) is 5.98. The van der Waals surface area contributed by atoms with Crippen molar-refractivity contribution in [2.45, 2.75) is 70.1 Å². The van der Waals surface area contributed by atoms with Crippen molar-refractivity contribution in [1.29, 1.82) is 0 Å². The Morgan fingerprint density at radius 3 is 2.60 bits per heavy atom. The van der Waals surface area contributed by atoms with Gasteiger partial charge in [0.1, 0.15) is 12.4 Å². The Bertz CT molecular complexity index is 661. The topological polar surface area (TPSA) is 53.6 Å². The summed E-state index contributed by atoms with van der Waals surface area (Å²) < 4.78 is 5.84. The molecule has 2 saturated heterocycles. The summed E-state index contributed by atoms with van der Waals surface area (Å²) in [5.41, 5.74) is 3.49. The number of ether oxygens (including phenoxy) is 1. The van der Waals surface area contributed by atoms with Gasteiger partial charge in [-0.25, -0.2) is 4.79 Å². The molecule has 2 amide bonds. The van der Waals surface area contributed by atoms with Crippen LogP contribution in [-0.2, 0) is 0 Å². The molecule has 0 radical (unpaired) electrons. The summed E-state index contributed by atoms with van der Waals surface area (Å²) in [6.45, 7) is 4.68. The smallest absolute Gasteiger partial charge is 0.315 e. The molecule has 0 spiro atoms. The number of hydrogen-bond acceptors (Lipinski definition) is 3. The molecule has 1 aromatic carbocycles. The predicted molar refractivity (Wildman–Crippen MR) is 98.0 cm³/mol. The van der Waals surface area contributed by atoms with Crippen molar-refractivity contribution in [2.24, 2.45) is 0 Å². The maximum absolute atomic E-state index is 12.5. The van der Waals surface area contributed by atoms with Gasteiger partial charge in [0.15, 0.2) is 0 Å². The van der Waals surface area contributed by atoms with Crippen molar-refractivity contribution in [3.05, 3.63) is 28.8 Å². The average Bonchev–Trinajstić information content (AvgIpc) is 2.95. The van der Waals surface area contributed by atoms with E-state index < -0.39 is 0 Å². The number of hydrogen-bond donors (Lipinski definition) is 2. The van der Waals surface area contributed by atoms with E-state index in [1.807, 2.05) is 0 Å². The highest BCUT2D eigenvalue weighted by atomic mass is 16.5. The average molecular weight is 343 g/mol. The molecule has 0 saturated carbocycles. The van der Waals surface area contributed by atoms with Gasteiger partial charge in [0, 0.05) is 23.7 Å². The maximum Gasteiger partial charge on any atom is 0.315 e. The molecule has 3 aliphatic rings. The maximum atomic E-state index is 12.5. The molecule has 136 valence electrons. The summed E-state index contributed by atoms with van der Waals surface area (Å²) in [7, 11) is 2.24. The van der Waals surface area contributed by atoms with E-state index in [9.17, 15) is 4.79 Å². The van der Waals surface area contributed by atoms with Gasteiger partial charge in [-0.3, -0.25) is 0 Å². The van der Waals surface area contributed by atoms with Crippen LogP contribution in [0.3, 0.4) is 0 Å². The van der Waals surface area contributed by atoms with Crippen molar-refractivity contribution >= 4 is 6.03 Å². The van der Waals surface area contributed by atoms with Crippen LogP contribution in [0.4, 0.5) is 4.79 Å². The van der Waals surface area contributed by atoms with Crippen LogP contribution >= 0.6 is 0 Å². The standard InChI is InChI=1S/C20H29N3O2/c1-12-7-8-17-18(11-25-19(17)13(12)2)22-20(24)21-14-9-15-5-4-6-16(10-14)23(15)3/h7-8,14-16,18H,4-6,9-11H2,1-3H3,(H2,21,22,24)/t14?,15-,16+,18-/m1/s1. The van der Waals surface area contributed by atoms with Crippen LogP contribution in [0, 0.1) is 13.8 Å². The van der Waals surface area contributed by atoms with Crippen LogP contribution < -0.4 is 15.4 Å². The molecule has 0 aromatic heterocycles. The fraction of sp³-hybridized carbons (Fsp3) is 0.650. The number of carbonyl (C=O) groups is 1. The molecule has 4 atom stereocenters. The second kappa shape index (κ2) is 6.52. The van der Waals surface area contributed by atoms with E-state index >= 15 is 0 Å². The normalized spacial score (nSPS) is 31.2. The minimum atomic E-state index is -0.0627. The highest BCUT2D eigenvalue weighted by Gasteiger charge is 2.37. The molecular weight excluding hydrogens is 314 g/mol. The van der Waals surface area contributed by atoms with Crippen molar-refractivity contribution < 1.29 is 9.53 Å². The van der Waals surface area contributed by atoms with Gasteiger partial charge >= 0.3 is 6.03 Å². The number of nitrogens with zero attached hydrogens (tertiary/aromatic N) is 1. The van der Waals surface area contributed by atoms with Crippen LogP contribution in [0.5, 0.6) is 5.75 Å². The number of aryl methyl sites for hydroxylation is 1. The first-order valence-corrected chi connectivity index (χ1v) is 9.54. The Kier molecular flexibility index (Phi) is 4.36. The molecule has 0 aliphatic carbocycles.